The van der Waals surface area contributed by atoms with E-state index in [2.05, 4.69) is 55.4 Å². The monoisotopic (exact) mass is 315 g/mol. The zero-order valence-corrected chi connectivity index (χ0v) is 14.4. The van der Waals surface area contributed by atoms with E-state index in [0.29, 0.717) is 5.92 Å². The van der Waals surface area contributed by atoms with Gasteiger partial charge in [0.25, 0.3) is 0 Å². The molecule has 2 aromatic rings. The van der Waals surface area contributed by atoms with Crippen molar-refractivity contribution in [2.75, 3.05) is 31.1 Å². The lowest BCUT2D eigenvalue weighted by atomic mass is 10.2. The van der Waals surface area contributed by atoms with E-state index in [-0.39, 0.29) is 0 Å². The number of piperazine rings is 1. The van der Waals surface area contributed by atoms with Crippen LogP contribution in [0.5, 0.6) is 0 Å². The molecule has 124 valence electrons. The predicted octanol–water partition coefficient (Wildman–Crippen LogP) is 1.36. The van der Waals surface area contributed by atoms with Crippen molar-refractivity contribution >= 4 is 5.82 Å². The molecular weight excluding hydrogens is 290 g/mol. The van der Waals surface area contributed by atoms with Gasteiger partial charge in [-0.3, -0.25) is 4.90 Å². The third-order valence-electron chi connectivity index (χ3n) is 4.34. The summed E-state index contributed by atoms with van der Waals surface area (Å²) < 4.78 is 2.13. The zero-order valence-electron chi connectivity index (χ0n) is 14.4. The van der Waals surface area contributed by atoms with Crippen molar-refractivity contribution in [2.45, 2.75) is 33.2 Å². The summed E-state index contributed by atoms with van der Waals surface area (Å²) >= 11 is 0. The first-order valence-corrected chi connectivity index (χ1v) is 8.19. The Bertz CT molecular complexity index is 656. The van der Waals surface area contributed by atoms with Crippen LogP contribution in [0.15, 0.2) is 12.3 Å². The summed E-state index contributed by atoms with van der Waals surface area (Å²) in [5.74, 6) is 4.34. The highest BCUT2D eigenvalue weighted by atomic mass is 15.3. The summed E-state index contributed by atoms with van der Waals surface area (Å²) in [7, 11) is 2.06. The van der Waals surface area contributed by atoms with Crippen molar-refractivity contribution in [1.29, 1.82) is 0 Å². The van der Waals surface area contributed by atoms with Gasteiger partial charge in [0.15, 0.2) is 0 Å². The number of hydrogen-bond donors (Lipinski definition) is 0. The normalized spacial score (nSPS) is 16.3. The largest absolute Gasteiger partial charge is 0.354 e. The van der Waals surface area contributed by atoms with Crippen LogP contribution in [0.1, 0.15) is 37.2 Å². The van der Waals surface area contributed by atoms with E-state index in [4.69, 9.17) is 0 Å². The maximum Gasteiger partial charge on any atom is 0.146 e. The van der Waals surface area contributed by atoms with Gasteiger partial charge in [0, 0.05) is 45.3 Å². The summed E-state index contributed by atoms with van der Waals surface area (Å²) in [5, 5.41) is 8.67. The molecule has 3 rings (SSSR count). The quantitative estimate of drug-likeness (QED) is 0.849. The first-order chi connectivity index (χ1) is 11.0. The molecule has 23 heavy (non-hydrogen) atoms. The first kappa shape index (κ1) is 15.9. The molecule has 1 aliphatic heterocycles. The minimum Gasteiger partial charge on any atom is -0.354 e. The number of nitrogens with zero attached hydrogens (tertiary/aromatic N) is 7. The van der Waals surface area contributed by atoms with Gasteiger partial charge in [-0.1, -0.05) is 13.8 Å². The molecular formula is C16H25N7. The number of hydrogen-bond acceptors (Lipinski definition) is 6. The van der Waals surface area contributed by atoms with E-state index < -0.39 is 0 Å². The van der Waals surface area contributed by atoms with Gasteiger partial charge in [-0.05, 0) is 13.0 Å². The Kier molecular flexibility index (Phi) is 4.56. The minimum atomic E-state index is 0.402. The second kappa shape index (κ2) is 6.62. The molecule has 0 spiro atoms. The maximum atomic E-state index is 4.51. The standard InChI is InChI=1S/C16H25N7/c1-12(2)16-20-19-15(21(16)4)11-22-7-9-23(10-8-22)14-5-6-17-13(3)18-14/h5-6,12H,7-11H2,1-4H3. The summed E-state index contributed by atoms with van der Waals surface area (Å²) in [6.07, 6.45) is 1.83. The van der Waals surface area contributed by atoms with Crippen LogP contribution < -0.4 is 4.90 Å². The van der Waals surface area contributed by atoms with Crippen LogP contribution in [-0.4, -0.2) is 55.8 Å². The van der Waals surface area contributed by atoms with Crippen LogP contribution in [0.2, 0.25) is 0 Å². The lowest BCUT2D eigenvalue weighted by Crippen LogP contribution is -2.46. The second-order valence-electron chi connectivity index (χ2n) is 6.41. The first-order valence-electron chi connectivity index (χ1n) is 8.19. The van der Waals surface area contributed by atoms with E-state index in [9.17, 15) is 0 Å². The van der Waals surface area contributed by atoms with E-state index in [0.717, 1.165) is 56.0 Å². The van der Waals surface area contributed by atoms with Crippen LogP contribution in [0, 0.1) is 6.92 Å². The molecule has 0 saturated carbocycles. The second-order valence-corrected chi connectivity index (χ2v) is 6.41. The van der Waals surface area contributed by atoms with Gasteiger partial charge in [0.05, 0.1) is 6.54 Å². The maximum absolute atomic E-state index is 4.51. The molecule has 0 unspecified atom stereocenters. The topological polar surface area (TPSA) is 63.0 Å². The predicted molar refractivity (Wildman–Crippen MR) is 89.4 cm³/mol. The molecule has 0 aliphatic carbocycles. The van der Waals surface area contributed by atoms with Crippen molar-refractivity contribution in [1.82, 2.24) is 29.6 Å². The Hall–Kier alpha value is -2.02. The highest BCUT2D eigenvalue weighted by molar-refractivity contribution is 5.37. The fourth-order valence-corrected chi connectivity index (χ4v) is 2.97. The molecule has 7 nitrogen and oxygen atoms in total. The molecule has 2 aromatic heterocycles. The van der Waals surface area contributed by atoms with Crippen LogP contribution in [0.4, 0.5) is 5.82 Å². The van der Waals surface area contributed by atoms with E-state index in [1.54, 1.807) is 0 Å². The molecule has 1 saturated heterocycles. The van der Waals surface area contributed by atoms with Crippen LogP contribution in [-0.2, 0) is 13.6 Å². The van der Waals surface area contributed by atoms with Crippen LogP contribution in [0.3, 0.4) is 0 Å². The average Bonchev–Trinajstić information content (AvgIpc) is 2.89. The zero-order chi connectivity index (χ0) is 16.4. The van der Waals surface area contributed by atoms with Gasteiger partial charge in [-0.25, -0.2) is 9.97 Å². The fraction of sp³-hybridized carbons (Fsp3) is 0.625. The molecule has 0 atom stereocenters. The Balaban J connectivity index is 1.59. The number of aromatic nitrogens is 5. The molecule has 0 amide bonds. The molecule has 7 heteroatoms. The molecule has 3 heterocycles. The molecule has 0 N–H and O–H groups in total. The Morgan fingerprint density at radius 3 is 2.48 bits per heavy atom. The summed E-state index contributed by atoms with van der Waals surface area (Å²) in [6.45, 7) is 11.1. The lowest BCUT2D eigenvalue weighted by molar-refractivity contribution is 0.240. The summed E-state index contributed by atoms with van der Waals surface area (Å²) in [4.78, 5) is 13.4. The summed E-state index contributed by atoms with van der Waals surface area (Å²) in [5.41, 5.74) is 0. The van der Waals surface area contributed by atoms with Crippen molar-refractivity contribution in [3.05, 3.63) is 29.7 Å². The van der Waals surface area contributed by atoms with Gasteiger partial charge >= 0.3 is 0 Å². The molecule has 1 fully saturated rings. The van der Waals surface area contributed by atoms with Crippen molar-refractivity contribution in [3.8, 4) is 0 Å². The van der Waals surface area contributed by atoms with Gasteiger partial charge in [-0.2, -0.15) is 0 Å². The van der Waals surface area contributed by atoms with Gasteiger partial charge in [0.1, 0.15) is 23.3 Å². The van der Waals surface area contributed by atoms with E-state index in [1.807, 2.05) is 19.2 Å². The van der Waals surface area contributed by atoms with Crippen molar-refractivity contribution < 1.29 is 0 Å². The van der Waals surface area contributed by atoms with Crippen molar-refractivity contribution in [3.63, 3.8) is 0 Å². The Labute approximate surface area is 137 Å². The summed E-state index contributed by atoms with van der Waals surface area (Å²) in [6, 6.07) is 1.99. The minimum absolute atomic E-state index is 0.402. The van der Waals surface area contributed by atoms with Gasteiger partial charge in [0.2, 0.25) is 0 Å². The van der Waals surface area contributed by atoms with Gasteiger partial charge < -0.3 is 9.47 Å². The number of anilines is 1. The van der Waals surface area contributed by atoms with E-state index in [1.165, 1.54) is 0 Å². The highest BCUT2D eigenvalue weighted by Crippen LogP contribution is 2.16. The average molecular weight is 315 g/mol. The SMILES string of the molecule is Cc1nccc(N2CCN(Cc3nnc(C(C)C)n3C)CC2)n1. The molecule has 0 bridgehead atoms. The number of rotatable bonds is 4. The smallest absolute Gasteiger partial charge is 0.146 e. The van der Waals surface area contributed by atoms with Gasteiger partial charge in [-0.15, -0.1) is 10.2 Å². The van der Waals surface area contributed by atoms with Crippen LogP contribution in [0.25, 0.3) is 0 Å². The number of aryl methyl sites for hydroxylation is 1. The molecule has 0 radical (unpaired) electrons. The third kappa shape index (κ3) is 3.50. The van der Waals surface area contributed by atoms with Crippen molar-refractivity contribution in [2.24, 2.45) is 7.05 Å². The Morgan fingerprint density at radius 2 is 1.87 bits per heavy atom. The third-order valence-corrected chi connectivity index (χ3v) is 4.34. The fourth-order valence-electron chi connectivity index (χ4n) is 2.97. The highest BCUT2D eigenvalue weighted by Gasteiger charge is 2.20. The van der Waals surface area contributed by atoms with Crippen LogP contribution >= 0.6 is 0 Å². The molecule has 0 aromatic carbocycles. The van der Waals surface area contributed by atoms with E-state index >= 15 is 0 Å². The lowest BCUT2D eigenvalue weighted by Gasteiger charge is -2.35. The molecule has 1 aliphatic rings. The Morgan fingerprint density at radius 1 is 1.13 bits per heavy atom.